The standard InChI is InChI=1S/C23H16F3NO2S/c1-29-18-10-4-8-16-13(5-3-9-17(16)18)12-19-21(28)20(22(27)30-19)14-6-2-7-15(11-14)23(24,25)26/h2-12,20,27H,1H3. The quantitative estimate of drug-likeness (QED) is 0.500. The minimum absolute atomic E-state index is 0.0170. The molecule has 0 amide bonds. The molecule has 0 aromatic heterocycles. The van der Waals surface area contributed by atoms with Crippen molar-refractivity contribution in [1.29, 1.82) is 5.41 Å². The predicted molar refractivity (Wildman–Crippen MR) is 113 cm³/mol. The van der Waals surface area contributed by atoms with Crippen molar-refractivity contribution in [3.8, 4) is 5.75 Å². The Hall–Kier alpha value is -3.06. The molecule has 1 fully saturated rings. The largest absolute Gasteiger partial charge is 0.496 e. The van der Waals surface area contributed by atoms with Crippen LogP contribution in [0.4, 0.5) is 13.2 Å². The number of nitrogens with one attached hydrogen (secondary N) is 1. The summed E-state index contributed by atoms with van der Waals surface area (Å²) in [7, 11) is 1.58. The molecule has 30 heavy (non-hydrogen) atoms. The minimum Gasteiger partial charge on any atom is -0.496 e. The van der Waals surface area contributed by atoms with E-state index in [-0.39, 0.29) is 16.4 Å². The number of hydrogen-bond acceptors (Lipinski definition) is 4. The van der Waals surface area contributed by atoms with Crippen LogP contribution in [0.3, 0.4) is 0 Å². The van der Waals surface area contributed by atoms with E-state index in [1.807, 2.05) is 36.4 Å². The first-order valence-corrected chi connectivity index (χ1v) is 9.86. The third-order valence-corrected chi connectivity index (χ3v) is 5.95. The lowest BCUT2D eigenvalue weighted by molar-refractivity contribution is -0.137. The molecular formula is C23H16F3NO2S. The highest BCUT2D eigenvalue weighted by atomic mass is 32.2. The zero-order valence-electron chi connectivity index (χ0n) is 15.8. The molecule has 1 N–H and O–H groups in total. The van der Waals surface area contributed by atoms with Gasteiger partial charge in [-0.2, -0.15) is 13.2 Å². The second kappa shape index (κ2) is 7.65. The maximum Gasteiger partial charge on any atom is 0.416 e. The molecule has 1 saturated heterocycles. The summed E-state index contributed by atoms with van der Waals surface area (Å²) in [5.74, 6) is -0.690. The molecule has 1 aliphatic heterocycles. The van der Waals surface area contributed by atoms with Crippen LogP contribution in [0.2, 0.25) is 0 Å². The molecule has 1 aliphatic rings. The summed E-state index contributed by atoms with van der Waals surface area (Å²) in [4.78, 5) is 13.3. The second-order valence-corrected chi connectivity index (χ2v) is 7.88. The summed E-state index contributed by atoms with van der Waals surface area (Å²) in [5.41, 5.74) is 0.124. The Morgan fingerprint density at radius 2 is 1.73 bits per heavy atom. The molecule has 3 nitrogen and oxygen atoms in total. The van der Waals surface area contributed by atoms with E-state index in [0.29, 0.717) is 10.7 Å². The number of halogens is 3. The third kappa shape index (κ3) is 3.61. The Balaban J connectivity index is 1.74. The average Bonchev–Trinajstić information content (AvgIpc) is 3.00. The topological polar surface area (TPSA) is 50.1 Å². The molecule has 7 heteroatoms. The van der Waals surface area contributed by atoms with Gasteiger partial charge in [0.15, 0.2) is 5.78 Å². The van der Waals surface area contributed by atoms with Crippen molar-refractivity contribution in [2.45, 2.75) is 12.1 Å². The van der Waals surface area contributed by atoms with Gasteiger partial charge in [0.1, 0.15) is 5.75 Å². The minimum atomic E-state index is -4.51. The lowest BCUT2D eigenvalue weighted by atomic mass is 9.93. The fraction of sp³-hybridized carbons (Fsp3) is 0.130. The zero-order valence-corrected chi connectivity index (χ0v) is 16.6. The van der Waals surface area contributed by atoms with E-state index in [4.69, 9.17) is 10.1 Å². The first-order chi connectivity index (χ1) is 14.3. The molecule has 1 atom stereocenters. The van der Waals surface area contributed by atoms with Gasteiger partial charge < -0.3 is 4.74 Å². The molecule has 0 radical (unpaired) electrons. The maximum absolute atomic E-state index is 13.1. The predicted octanol–water partition coefficient (Wildman–Crippen LogP) is 6.29. The van der Waals surface area contributed by atoms with E-state index in [1.165, 1.54) is 12.1 Å². The van der Waals surface area contributed by atoms with Gasteiger partial charge in [0.05, 0.1) is 28.5 Å². The molecule has 0 bridgehead atoms. The van der Waals surface area contributed by atoms with Crippen LogP contribution < -0.4 is 4.74 Å². The highest BCUT2D eigenvalue weighted by Crippen LogP contribution is 2.42. The maximum atomic E-state index is 13.1. The molecule has 0 spiro atoms. The van der Waals surface area contributed by atoms with Gasteiger partial charge in [-0.15, -0.1) is 0 Å². The Labute approximate surface area is 175 Å². The first-order valence-electron chi connectivity index (χ1n) is 9.04. The number of benzene rings is 3. The summed E-state index contributed by atoms with van der Waals surface area (Å²) in [6.07, 6.45) is -2.81. The van der Waals surface area contributed by atoms with Gasteiger partial charge in [0.2, 0.25) is 0 Å². The van der Waals surface area contributed by atoms with Crippen LogP contribution in [-0.2, 0) is 11.0 Å². The van der Waals surface area contributed by atoms with Crippen molar-refractivity contribution in [1.82, 2.24) is 0 Å². The molecule has 4 rings (SSSR count). The van der Waals surface area contributed by atoms with Crippen molar-refractivity contribution in [3.63, 3.8) is 0 Å². The molecular weight excluding hydrogens is 411 g/mol. The number of thioether (sulfide) groups is 1. The number of ketones is 1. The Kier molecular flexibility index (Phi) is 5.15. The molecule has 0 saturated carbocycles. The van der Waals surface area contributed by atoms with Crippen molar-refractivity contribution < 1.29 is 22.7 Å². The molecule has 1 unspecified atom stereocenters. The summed E-state index contributed by atoms with van der Waals surface area (Å²) in [6.45, 7) is 0. The number of carbonyl (C=O) groups is 1. The van der Waals surface area contributed by atoms with Crippen molar-refractivity contribution in [2.24, 2.45) is 0 Å². The monoisotopic (exact) mass is 427 g/mol. The number of rotatable bonds is 3. The molecule has 1 heterocycles. The second-order valence-electron chi connectivity index (χ2n) is 6.80. The summed E-state index contributed by atoms with van der Waals surface area (Å²) < 4.78 is 44.6. The van der Waals surface area contributed by atoms with Crippen LogP contribution in [0, 0.1) is 5.41 Å². The Morgan fingerprint density at radius 3 is 2.47 bits per heavy atom. The van der Waals surface area contributed by atoms with Gasteiger partial charge in [-0.1, -0.05) is 60.3 Å². The van der Waals surface area contributed by atoms with Gasteiger partial charge in [0.25, 0.3) is 0 Å². The van der Waals surface area contributed by atoms with Gasteiger partial charge in [-0.3, -0.25) is 10.2 Å². The fourth-order valence-electron chi connectivity index (χ4n) is 3.54. The number of Topliss-reactive ketones (excluding diaryl/α,β-unsaturated/α-hetero) is 1. The van der Waals surface area contributed by atoms with Crippen LogP contribution in [0.15, 0.2) is 65.6 Å². The molecule has 152 valence electrons. The summed E-state index contributed by atoms with van der Waals surface area (Å²) >= 11 is 0.986. The van der Waals surface area contributed by atoms with E-state index in [2.05, 4.69) is 0 Å². The number of methoxy groups -OCH3 is 1. The molecule has 3 aromatic carbocycles. The summed E-state index contributed by atoms with van der Waals surface area (Å²) in [6, 6.07) is 15.8. The van der Waals surface area contributed by atoms with E-state index in [0.717, 1.165) is 40.2 Å². The number of fused-ring (bicyclic) bond motifs is 1. The number of ether oxygens (including phenoxy) is 1. The van der Waals surface area contributed by atoms with Gasteiger partial charge in [-0.25, -0.2) is 0 Å². The fourth-order valence-corrected chi connectivity index (χ4v) is 4.54. The van der Waals surface area contributed by atoms with Gasteiger partial charge >= 0.3 is 6.18 Å². The van der Waals surface area contributed by atoms with E-state index >= 15 is 0 Å². The van der Waals surface area contributed by atoms with Crippen LogP contribution >= 0.6 is 11.8 Å². The highest BCUT2D eigenvalue weighted by molar-refractivity contribution is 8.19. The van der Waals surface area contributed by atoms with Crippen molar-refractivity contribution in [2.75, 3.05) is 7.11 Å². The smallest absolute Gasteiger partial charge is 0.416 e. The van der Waals surface area contributed by atoms with Gasteiger partial charge in [-0.05, 0) is 34.7 Å². The lowest BCUT2D eigenvalue weighted by Crippen LogP contribution is -2.13. The normalized spacial score (nSPS) is 18.4. The van der Waals surface area contributed by atoms with Crippen LogP contribution in [0.5, 0.6) is 5.75 Å². The van der Waals surface area contributed by atoms with Crippen LogP contribution in [0.1, 0.15) is 22.6 Å². The zero-order chi connectivity index (χ0) is 21.5. The SMILES string of the molecule is COc1cccc2c(C=C3SC(=N)C(c4cccc(C(F)(F)F)c4)C3=O)cccc12. The van der Waals surface area contributed by atoms with Crippen LogP contribution in [-0.4, -0.2) is 17.9 Å². The van der Waals surface area contributed by atoms with E-state index in [9.17, 15) is 18.0 Å². The van der Waals surface area contributed by atoms with E-state index < -0.39 is 17.7 Å². The summed E-state index contributed by atoms with van der Waals surface area (Å²) in [5, 5.41) is 10.0. The third-order valence-electron chi connectivity index (χ3n) is 4.96. The average molecular weight is 427 g/mol. The van der Waals surface area contributed by atoms with Crippen LogP contribution in [0.25, 0.3) is 16.8 Å². The molecule has 0 aliphatic carbocycles. The van der Waals surface area contributed by atoms with Gasteiger partial charge in [0, 0.05) is 5.39 Å². The Bertz CT molecular complexity index is 1200. The Morgan fingerprint density at radius 1 is 1.03 bits per heavy atom. The molecule has 3 aromatic rings. The number of hydrogen-bond donors (Lipinski definition) is 1. The van der Waals surface area contributed by atoms with E-state index in [1.54, 1.807) is 13.2 Å². The number of alkyl halides is 3. The lowest BCUT2D eigenvalue weighted by Gasteiger charge is -2.12. The number of allylic oxidation sites excluding steroid dienone is 1. The van der Waals surface area contributed by atoms with Crippen molar-refractivity contribution in [3.05, 3.63) is 82.3 Å². The first kappa shape index (κ1) is 20.2. The highest BCUT2D eigenvalue weighted by Gasteiger charge is 2.38. The number of carbonyl (C=O) groups excluding carboxylic acids is 1. The van der Waals surface area contributed by atoms with Crippen molar-refractivity contribution >= 4 is 39.4 Å².